The van der Waals surface area contributed by atoms with Crippen molar-refractivity contribution in [3.63, 3.8) is 0 Å². The van der Waals surface area contributed by atoms with Gasteiger partial charge in [-0.05, 0) is 56.4 Å². The molecule has 0 aliphatic heterocycles. The van der Waals surface area contributed by atoms with E-state index in [2.05, 4.69) is 18.4 Å². The minimum atomic E-state index is -4.91. The predicted octanol–water partition coefficient (Wildman–Crippen LogP) is 4.89. The van der Waals surface area contributed by atoms with Crippen LogP contribution in [0.25, 0.3) is 0 Å². The largest absolute Gasteiger partial charge is 0.455 e. The molecular weight excluding hydrogens is 446 g/mol. The molecular formula is C18H22F2O8S2. The molecule has 0 aromatic heterocycles. The van der Waals surface area contributed by atoms with Crippen molar-refractivity contribution in [1.82, 2.24) is 0 Å². The van der Waals surface area contributed by atoms with E-state index >= 15 is 0 Å². The van der Waals surface area contributed by atoms with Crippen LogP contribution in [0.4, 0.5) is 8.78 Å². The molecule has 8 nitrogen and oxygen atoms in total. The summed E-state index contributed by atoms with van der Waals surface area (Å²) in [5, 5.41) is 3.91. The number of hydrogen-bond acceptors (Lipinski definition) is 9. The van der Waals surface area contributed by atoms with Crippen molar-refractivity contribution in [3.8, 4) is 5.75 Å². The van der Waals surface area contributed by atoms with Crippen molar-refractivity contribution >= 4 is 28.1 Å². The highest BCUT2D eigenvalue weighted by atomic mass is 32.3. The Morgan fingerprint density at radius 2 is 1.77 bits per heavy atom. The van der Waals surface area contributed by atoms with Crippen LogP contribution in [0.3, 0.4) is 0 Å². The molecule has 1 fully saturated rings. The van der Waals surface area contributed by atoms with Crippen molar-refractivity contribution in [3.05, 3.63) is 40.1 Å². The second kappa shape index (κ2) is 11.0. The molecule has 0 N–H and O–H groups in total. The molecule has 0 heterocycles. The first-order valence-corrected chi connectivity index (χ1v) is 11.2. The Bertz CT molecular complexity index is 845. The van der Waals surface area contributed by atoms with Crippen LogP contribution < -0.4 is 4.18 Å². The topological polar surface area (TPSA) is 97.4 Å². The summed E-state index contributed by atoms with van der Waals surface area (Å²) in [4.78, 5) is 16.5. The molecule has 1 aromatic carbocycles. The van der Waals surface area contributed by atoms with Crippen molar-refractivity contribution in [2.45, 2.75) is 51.0 Å². The van der Waals surface area contributed by atoms with Gasteiger partial charge in [0.05, 0.1) is 24.7 Å². The maximum Gasteiger partial charge on any atom is 0.353 e. The summed E-state index contributed by atoms with van der Waals surface area (Å²) >= 11 is -0.295. The van der Waals surface area contributed by atoms with E-state index in [0.29, 0.717) is 6.42 Å². The molecule has 0 atom stereocenters. The summed E-state index contributed by atoms with van der Waals surface area (Å²) < 4.78 is 63.0. The van der Waals surface area contributed by atoms with E-state index in [0.717, 1.165) is 39.2 Å². The molecule has 168 valence electrons. The fourth-order valence-electron chi connectivity index (χ4n) is 3.03. The van der Waals surface area contributed by atoms with Crippen LogP contribution >= 0.6 is 12.0 Å². The van der Waals surface area contributed by atoms with Crippen molar-refractivity contribution in [2.24, 2.45) is 0 Å². The van der Waals surface area contributed by atoms with Crippen LogP contribution in [-0.4, -0.2) is 27.1 Å². The van der Waals surface area contributed by atoms with Crippen LogP contribution in [0.1, 0.15) is 55.8 Å². The minimum Gasteiger partial charge on any atom is -0.455 e. The zero-order valence-electron chi connectivity index (χ0n) is 16.4. The molecule has 0 amide bonds. The van der Waals surface area contributed by atoms with Gasteiger partial charge in [-0.3, -0.25) is 0 Å². The van der Waals surface area contributed by atoms with E-state index < -0.39 is 32.0 Å². The number of benzene rings is 1. The third kappa shape index (κ3) is 6.64. The second-order valence-electron chi connectivity index (χ2n) is 6.48. The summed E-state index contributed by atoms with van der Waals surface area (Å²) in [5.41, 5.74) is -0.301. The van der Waals surface area contributed by atoms with Gasteiger partial charge in [-0.25, -0.2) is 9.68 Å². The molecule has 1 aliphatic carbocycles. The van der Waals surface area contributed by atoms with Gasteiger partial charge >= 0.3 is 22.2 Å². The van der Waals surface area contributed by atoms with Gasteiger partial charge in [0.1, 0.15) is 11.4 Å². The smallest absolute Gasteiger partial charge is 0.353 e. The molecule has 1 saturated carbocycles. The molecule has 12 heteroatoms. The van der Waals surface area contributed by atoms with Crippen LogP contribution in [0.15, 0.2) is 34.6 Å². The Labute approximate surface area is 177 Å². The lowest BCUT2D eigenvalue weighted by Gasteiger charge is -2.36. The summed E-state index contributed by atoms with van der Waals surface area (Å²) in [6.07, 6.45) is 2.83. The Morgan fingerprint density at radius 3 is 2.30 bits per heavy atom. The predicted molar refractivity (Wildman–Crippen MR) is 104 cm³/mol. The Balaban J connectivity index is 2.07. The Hall–Kier alpha value is -1.73. The molecule has 2 rings (SSSR count). The van der Waals surface area contributed by atoms with Crippen molar-refractivity contribution in [1.29, 1.82) is 0 Å². The van der Waals surface area contributed by atoms with Gasteiger partial charge in [-0.2, -0.15) is 17.2 Å². The quantitative estimate of drug-likeness (QED) is 0.119. The lowest BCUT2D eigenvalue weighted by atomic mass is 9.82. The van der Waals surface area contributed by atoms with E-state index in [-0.39, 0.29) is 23.4 Å². The minimum absolute atomic E-state index is 0.191. The normalized spacial score (nSPS) is 16.0. The third-order valence-corrected chi connectivity index (χ3v) is 6.87. The SMILES string of the molecule is CCC1(OC(=O)c2ccc(OS(=O)(=O)C(SOOOC)=C(F)F)cc2)CCCCC1. The zero-order chi connectivity index (χ0) is 22.2. The average Bonchev–Trinajstić information content (AvgIpc) is 2.71. The van der Waals surface area contributed by atoms with Crippen LogP contribution in [0.5, 0.6) is 5.75 Å². The van der Waals surface area contributed by atoms with Gasteiger partial charge < -0.3 is 8.92 Å². The van der Waals surface area contributed by atoms with Gasteiger partial charge in [0.2, 0.25) is 4.24 Å². The van der Waals surface area contributed by atoms with E-state index in [4.69, 9.17) is 4.74 Å². The fourth-order valence-corrected chi connectivity index (χ4v) is 4.39. The number of hydrogen-bond donors (Lipinski definition) is 0. The van der Waals surface area contributed by atoms with Gasteiger partial charge in [-0.15, -0.1) is 4.33 Å². The number of esters is 1. The number of halogens is 2. The molecule has 0 spiro atoms. The maximum absolute atomic E-state index is 12.9. The van der Waals surface area contributed by atoms with E-state index in [1.165, 1.54) is 24.3 Å². The molecule has 0 radical (unpaired) electrons. The van der Waals surface area contributed by atoms with Crippen LogP contribution in [-0.2, 0) is 29.1 Å². The second-order valence-corrected chi connectivity index (χ2v) is 8.94. The van der Waals surface area contributed by atoms with Crippen LogP contribution in [0.2, 0.25) is 0 Å². The standard InChI is InChI=1S/C18H22F2O8S2/c1-3-18(11-5-4-6-12-18)25-16(21)13-7-9-14(10-8-13)26-30(22,23)17(15(19)20)29-28-27-24-2/h7-10H,3-6,11-12H2,1-2H3. The van der Waals surface area contributed by atoms with Gasteiger partial charge in [0, 0.05) is 0 Å². The lowest BCUT2D eigenvalue weighted by Crippen LogP contribution is -2.36. The van der Waals surface area contributed by atoms with E-state index in [9.17, 15) is 22.0 Å². The van der Waals surface area contributed by atoms with Crippen molar-refractivity contribution < 1.29 is 45.2 Å². The highest BCUT2D eigenvalue weighted by Gasteiger charge is 2.34. The summed E-state index contributed by atoms with van der Waals surface area (Å²) in [5.74, 6) is -0.814. The first-order chi connectivity index (χ1) is 14.2. The highest BCUT2D eigenvalue weighted by Crippen LogP contribution is 2.35. The summed E-state index contributed by atoms with van der Waals surface area (Å²) in [6, 6.07) is 4.93. The average molecular weight is 468 g/mol. The molecule has 0 bridgehead atoms. The molecule has 1 aliphatic rings. The first-order valence-electron chi connectivity index (χ1n) is 9.10. The molecule has 30 heavy (non-hydrogen) atoms. The first kappa shape index (κ1) is 24.5. The lowest BCUT2D eigenvalue weighted by molar-refractivity contribution is -0.447. The van der Waals surface area contributed by atoms with Gasteiger partial charge in [0.25, 0.3) is 0 Å². The third-order valence-electron chi connectivity index (χ3n) is 4.60. The summed E-state index contributed by atoms with van der Waals surface area (Å²) in [6.45, 7) is 1.97. The summed E-state index contributed by atoms with van der Waals surface area (Å²) in [7, 11) is -3.88. The van der Waals surface area contributed by atoms with Gasteiger partial charge in [0.15, 0.2) is 0 Å². The number of ether oxygens (including phenoxy) is 1. The fraction of sp³-hybridized carbons (Fsp3) is 0.500. The Kier molecular flexibility index (Phi) is 9.04. The number of carbonyl (C=O) groups is 1. The van der Waals surface area contributed by atoms with E-state index in [1.807, 2.05) is 6.92 Å². The van der Waals surface area contributed by atoms with Gasteiger partial charge in [-0.1, -0.05) is 18.4 Å². The monoisotopic (exact) mass is 468 g/mol. The Morgan fingerprint density at radius 1 is 1.13 bits per heavy atom. The number of carbonyl (C=O) groups excluding carboxylic acids is 1. The molecule has 0 saturated heterocycles. The van der Waals surface area contributed by atoms with Crippen molar-refractivity contribution in [2.75, 3.05) is 7.11 Å². The molecule has 0 unspecified atom stereocenters. The zero-order valence-corrected chi connectivity index (χ0v) is 18.0. The number of rotatable bonds is 10. The highest BCUT2D eigenvalue weighted by molar-refractivity contribution is 8.14. The van der Waals surface area contributed by atoms with Crippen LogP contribution in [0, 0.1) is 0 Å². The van der Waals surface area contributed by atoms with E-state index in [1.54, 1.807) is 0 Å². The maximum atomic E-state index is 12.9. The molecule has 1 aromatic rings.